The van der Waals surface area contributed by atoms with E-state index in [1.54, 1.807) is 0 Å². The Morgan fingerprint density at radius 3 is 2.85 bits per heavy atom. The van der Waals surface area contributed by atoms with Crippen molar-refractivity contribution in [2.75, 3.05) is 0 Å². The normalized spacial score (nSPS) is 28.8. The highest BCUT2D eigenvalue weighted by Crippen LogP contribution is 2.29. The molecule has 2 unspecified atom stereocenters. The zero-order chi connectivity index (χ0) is 9.84. The summed E-state index contributed by atoms with van der Waals surface area (Å²) < 4.78 is 0. The Morgan fingerprint density at radius 1 is 1.62 bits per heavy atom. The van der Waals surface area contributed by atoms with Crippen LogP contribution in [0, 0.1) is 11.8 Å². The molecule has 0 bridgehead atoms. The average molecular weight is 184 g/mol. The molecule has 1 aliphatic rings. The minimum atomic E-state index is -0.742. The zero-order valence-corrected chi connectivity index (χ0v) is 7.95. The first-order chi connectivity index (χ1) is 6.15. The first kappa shape index (κ1) is 10.2. The molecule has 2 atom stereocenters. The number of carboxylic acid groups (broad SMARTS) is 1. The molecule has 1 fully saturated rings. The number of rotatable bonds is 3. The molecule has 13 heavy (non-hydrogen) atoms. The number of carbonyl (C=O) groups excluding carboxylic acids is 1. The second-order valence-electron chi connectivity index (χ2n) is 3.76. The van der Waals surface area contributed by atoms with Gasteiger partial charge in [0.2, 0.25) is 0 Å². The molecule has 1 saturated carbocycles. The van der Waals surface area contributed by atoms with Crippen LogP contribution in [0.2, 0.25) is 0 Å². The third-order valence-corrected chi connectivity index (χ3v) is 2.75. The van der Waals surface area contributed by atoms with Crippen molar-refractivity contribution in [3.63, 3.8) is 0 Å². The summed E-state index contributed by atoms with van der Waals surface area (Å²) in [6.45, 7) is 2.03. The molecule has 1 aliphatic carbocycles. The summed E-state index contributed by atoms with van der Waals surface area (Å²) in [6.07, 6.45) is 3.36. The lowest BCUT2D eigenvalue weighted by Crippen LogP contribution is -2.29. The van der Waals surface area contributed by atoms with Crippen molar-refractivity contribution in [2.24, 2.45) is 11.8 Å². The van der Waals surface area contributed by atoms with Crippen molar-refractivity contribution < 1.29 is 14.7 Å². The molecule has 1 N–H and O–H groups in total. The van der Waals surface area contributed by atoms with Gasteiger partial charge in [-0.05, 0) is 19.3 Å². The lowest BCUT2D eigenvalue weighted by Gasteiger charge is -2.24. The molecule has 0 radical (unpaired) electrons. The van der Waals surface area contributed by atoms with E-state index in [2.05, 4.69) is 0 Å². The maximum atomic E-state index is 11.4. The molecule has 0 aromatic carbocycles. The number of hydrogen-bond acceptors (Lipinski definition) is 2. The van der Waals surface area contributed by atoms with Gasteiger partial charge in [0.05, 0.1) is 5.92 Å². The Balaban J connectivity index is 2.52. The highest BCUT2D eigenvalue weighted by Gasteiger charge is 2.31. The zero-order valence-electron chi connectivity index (χ0n) is 7.95. The SMILES string of the molecule is CCCC1CC(C(=O)O)CCC1=O. The first-order valence-electron chi connectivity index (χ1n) is 4.90. The van der Waals surface area contributed by atoms with Gasteiger partial charge in [-0.2, -0.15) is 0 Å². The van der Waals surface area contributed by atoms with Crippen LogP contribution in [0.4, 0.5) is 0 Å². The van der Waals surface area contributed by atoms with Gasteiger partial charge in [-0.1, -0.05) is 13.3 Å². The van der Waals surface area contributed by atoms with Crippen LogP contribution in [0.25, 0.3) is 0 Å². The molecule has 0 aliphatic heterocycles. The fourth-order valence-electron chi connectivity index (χ4n) is 1.96. The van der Waals surface area contributed by atoms with E-state index in [1.807, 2.05) is 6.92 Å². The van der Waals surface area contributed by atoms with Gasteiger partial charge < -0.3 is 5.11 Å². The minimum absolute atomic E-state index is 0.0137. The molecule has 0 aromatic heterocycles. The third-order valence-electron chi connectivity index (χ3n) is 2.75. The van der Waals surface area contributed by atoms with Crippen LogP contribution < -0.4 is 0 Å². The summed E-state index contributed by atoms with van der Waals surface area (Å²) in [6, 6.07) is 0. The number of ketones is 1. The predicted molar refractivity (Wildman–Crippen MR) is 48.4 cm³/mol. The molecule has 3 nitrogen and oxygen atoms in total. The predicted octanol–water partition coefficient (Wildman–Crippen LogP) is 1.86. The molecule has 0 saturated heterocycles. The number of Topliss-reactive ketones (excluding diaryl/α,β-unsaturated/α-hetero) is 1. The maximum Gasteiger partial charge on any atom is 0.306 e. The lowest BCUT2D eigenvalue weighted by atomic mass is 9.78. The molecule has 3 heteroatoms. The minimum Gasteiger partial charge on any atom is -0.481 e. The highest BCUT2D eigenvalue weighted by molar-refractivity contribution is 5.84. The quantitative estimate of drug-likeness (QED) is 0.728. The number of aliphatic carboxylic acids is 1. The smallest absolute Gasteiger partial charge is 0.306 e. The standard InChI is InChI=1S/C10H16O3/c1-2-3-7-6-8(10(12)13)4-5-9(7)11/h7-8H,2-6H2,1H3,(H,12,13). The van der Waals surface area contributed by atoms with E-state index < -0.39 is 5.97 Å². The highest BCUT2D eigenvalue weighted by atomic mass is 16.4. The van der Waals surface area contributed by atoms with Crippen LogP contribution in [-0.2, 0) is 9.59 Å². The average Bonchev–Trinajstić information content (AvgIpc) is 2.08. The van der Waals surface area contributed by atoms with Crippen molar-refractivity contribution in [3.8, 4) is 0 Å². The summed E-state index contributed by atoms with van der Waals surface area (Å²) in [4.78, 5) is 22.1. The monoisotopic (exact) mass is 184 g/mol. The molecule has 74 valence electrons. The van der Waals surface area contributed by atoms with E-state index in [-0.39, 0.29) is 17.6 Å². The van der Waals surface area contributed by atoms with E-state index in [0.717, 1.165) is 12.8 Å². The molecule has 0 spiro atoms. The van der Waals surface area contributed by atoms with Gasteiger partial charge >= 0.3 is 5.97 Å². The van der Waals surface area contributed by atoms with Crippen molar-refractivity contribution in [1.82, 2.24) is 0 Å². The van der Waals surface area contributed by atoms with Crippen LogP contribution >= 0.6 is 0 Å². The number of carbonyl (C=O) groups is 2. The fraction of sp³-hybridized carbons (Fsp3) is 0.800. The van der Waals surface area contributed by atoms with Gasteiger partial charge in [0.15, 0.2) is 0 Å². The molecule has 0 aromatic rings. The van der Waals surface area contributed by atoms with E-state index >= 15 is 0 Å². The fourth-order valence-corrected chi connectivity index (χ4v) is 1.96. The second-order valence-corrected chi connectivity index (χ2v) is 3.76. The number of carboxylic acids is 1. The van der Waals surface area contributed by atoms with Gasteiger partial charge in [0, 0.05) is 12.3 Å². The van der Waals surface area contributed by atoms with Gasteiger partial charge in [-0.3, -0.25) is 9.59 Å². The largest absolute Gasteiger partial charge is 0.481 e. The number of hydrogen-bond donors (Lipinski definition) is 1. The summed E-state index contributed by atoms with van der Waals surface area (Å²) in [5.41, 5.74) is 0. The van der Waals surface area contributed by atoms with Gasteiger partial charge in [-0.15, -0.1) is 0 Å². The molecule has 0 amide bonds. The topological polar surface area (TPSA) is 54.4 Å². The molecular weight excluding hydrogens is 168 g/mol. The Morgan fingerprint density at radius 2 is 2.31 bits per heavy atom. The van der Waals surface area contributed by atoms with Gasteiger partial charge in [-0.25, -0.2) is 0 Å². The van der Waals surface area contributed by atoms with Gasteiger partial charge in [0.25, 0.3) is 0 Å². The van der Waals surface area contributed by atoms with Crippen LogP contribution in [0.1, 0.15) is 39.0 Å². The Hall–Kier alpha value is -0.860. The lowest BCUT2D eigenvalue weighted by molar-refractivity contribution is -0.144. The second kappa shape index (κ2) is 4.40. The van der Waals surface area contributed by atoms with Crippen molar-refractivity contribution in [3.05, 3.63) is 0 Å². The first-order valence-corrected chi connectivity index (χ1v) is 4.90. The van der Waals surface area contributed by atoms with E-state index in [4.69, 9.17) is 5.11 Å². The molecule has 1 rings (SSSR count). The summed E-state index contributed by atoms with van der Waals surface area (Å²) in [7, 11) is 0. The Bertz CT molecular complexity index is 210. The van der Waals surface area contributed by atoms with Crippen molar-refractivity contribution in [2.45, 2.75) is 39.0 Å². The van der Waals surface area contributed by atoms with Crippen LogP contribution in [-0.4, -0.2) is 16.9 Å². The summed E-state index contributed by atoms with van der Waals surface area (Å²) >= 11 is 0. The van der Waals surface area contributed by atoms with E-state index in [1.165, 1.54) is 0 Å². The molecule has 0 heterocycles. The summed E-state index contributed by atoms with van der Waals surface area (Å²) in [5, 5.41) is 8.80. The van der Waals surface area contributed by atoms with Gasteiger partial charge in [0.1, 0.15) is 5.78 Å². The van der Waals surface area contributed by atoms with Crippen LogP contribution in [0.3, 0.4) is 0 Å². The van der Waals surface area contributed by atoms with E-state index in [9.17, 15) is 9.59 Å². The summed E-state index contributed by atoms with van der Waals surface area (Å²) in [5.74, 6) is -0.748. The van der Waals surface area contributed by atoms with E-state index in [0.29, 0.717) is 19.3 Å². The Kier molecular flexibility index (Phi) is 3.46. The third kappa shape index (κ3) is 2.54. The van der Waals surface area contributed by atoms with Crippen molar-refractivity contribution in [1.29, 1.82) is 0 Å². The Labute approximate surface area is 78.1 Å². The van der Waals surface area contributed by atoms with Crippen LogP contribution in [0.5, 0.6) is 0 Å². The maximum absolute atomic E-state index is 11.4. The molecular formula is C10H16O3. The van der Waals surface area contributed by atoms with Crippen molar-refractivity contribution >= 4 is 11.8 Å². The van der Waals surface area contributed by atoms with Crippen LogP contribution in [0.15, 0.2) is 0 Å².